The van der Waals surface area contributed by atoms with Gasteiger partial charge in [0.2, 0.25) is 5.91 Å². The summed E-state index contributed by atoms with van der Waals surface area (Å²) in [6.45, 7) is 2.24. The van der Waals surface area contributed by atoms with Crippen LogP contribution in [0.2, 0.25) is 0 Å². The standard InChI is InChI=1S/C18H19NO3S/c1-14-7-9-16(10-8-14)23(21,22)18(11-12-18)17(20)19-13-15-5-3-2-4-6-15/h2-10H,11-13H2,1H3,(H,19,20). The molecule has 23 heavy (non-hydrogen) atoms. The number of hydrogen-bond acceptors (Lipinski definition) is 3. The zero-order valence-corrected chi connectivity index (χ0v) is 13.8. The third kappa shape index (κ3) is 2.88. The van der Waals surface area contributed by atoms with E-state index in [1.807, 2.05) is 37.3 Å². The highest BCUT2D eigenvalue weighted by molar-refractivity contribution is 7.94. The van der Waals surface area contributed by atoms with Crippen molar-refractivity contribution in [1.82, 2.24) is 5.32 Å². The fraction of sp³-hybridized carbons (Fsp3) is 0.278. The molecule has 0 saturated heterocycles. The molecule has 5 heteroatoms. The molecule has 1 saturated carbocycles. The molecule has 1 aliphatic carbocycles. The second-order valence-corrected chi connectivity index (χ2v) is 8.24. The monoisotopic (exact) mass is 329 g/mol. The molecule has 1 N–H and O–H groups in total. The molecule has 0 atom stereocenters. The van der Waals surface area contributed by atoms with Crippen LogP contribution < -0.4 is 5.32 Å². The summed E-state index contributed by atoms with van der Waals surface area (Å²) in [5, 5.41) is 2.77. The van der Waals surface area contributed by atoms with Crippen LogP contribution in [0.25, 0.3) is 0 Å². The third-order valence-electron chi connectivity index (χ3n) is 4.26. The van der Waals surface area contributed by atoms with Gasteiger partial charge in [-0.2, -0.15) is 0 Å². The Balaban J connectivity index is 1.78. The van der Waals surface area contributed by atoms with Crippen molar-refractivity contribution in [3.8, 4) is 0 Å². The molecule has 1 aliphatic rings. The van der Waals surface area contributed by atoms with Gasteiger partial charge < -0.3 is 5.32 Å². The van der Waals surface area contributed by atoms with Crippen LogP contribution in [0.5, 0.6) is 0 Å². The summed E-state index contributed by atoms with van der Waals surface area (Å²) in [5.41, 5.74) is 1.94. The van der Waals surface area contributed by atoms with Gasteiger partial charge in [0, 0.05) is 6.54 Å². The van der Waals surface area contributed by atoms with Crippen molar-refractivity contribution in [2.24, 2.45) is 0 Å². The number of rotatable bonds is 5. The van der Waals surface area contributed by atoms with E-state index in [9.17, 15) is 13.2 Å². The molecule has 0 bridgehead atoms. The van der Waals surface area contributed by atoms with Gasteiger partial charge in [-0.05, 0) is 37.5 Å². The minimum Gasteiger partial charge on any atom is -0.351 e. The van der Waals surface area contributed by atoms with Crippen LogP contribution in [0.15, 0.2) is 59.5 Å². The average molecular weight is 329 g/mol. The fourth-order valence-corrected chi connectivity index (χ4v) is 4.51. The maximum atomic E-state index is 12.8. The van der Waals surface area contributed by atoms with Gasteiger partial charge in [0.1, 0.15) is 0 Å². The molecular formula is C18H19NO3S. The molecule has 3 rings (SSSR count). The highest BCUT2D eigenvalue weighted by Gasteiger charge is 2.61. The Kier molecular flexibility index (Phi) is 3.98. The molecule has 4 nitrogen and oxygen atoms in total. The van der Waals surface area contributed by atoms with Gasteiger partial charge in [-0.3, -0.25) is 4.79 Å². The summed E-state index contributed by atoms with van der Waals surface area (Å²) in [6, 6.07) is 16.1. The first-order valence-corrected chi connectivity index (χ1v) is 9.08. The molecule has 0 aliphatic heterocycles. The Morgan fingerprint density at radius 2 is 1.65 bits per heavy atom. The third-order valence-corrected chi connectivity index (χ3v) is 6.77. The molecule has 2 aromatic rings. The minimum atomic E-state index is -3.66. The van der Waals surface area contributed by atoms with E-state index in [2.05, 4.69) is 5.32 Å². The van der Waals surface area contributed by atoms with Crippen molar-refractivity contribution in [1.29, 1.82) is 0 Å². The van der Waals surface area contributed by atoms with Crippen LogP contribution in [0.3, 0.4) is 0 Å². The van der Waals surface area contributed by atoms with Gasteiger partial charge in [0.15, 0.2) is 14.6 Å². The van der Waals surface area contributed by atoms with Crippen molar-refractivity contribution >= 4 is 15.7 Å². The van der Waals surface area contributed by atoms with E-state index in [0.717, 1.165) is 11.1 Å². The Labute approximate surface area is 136 Å². The summed E-state index contributed by atoms with van der Waals surface area (Å²) in [6.07, 6.45) is 0.758. The molecule has 0 unspecified atom stereocenters. The zero-order valence-electron chi connectivity index (χ0n) is 13.0. The van der Waals surface area contributed by atoms with Crippen molar-refractivity contribution in [2.45, 2.75) is 36.0 Å². The Hall–Kier alpha value is -2.14. The summed E-state index contributed by atoms with van der Waals surface area (Å²) < 4.78 is 24.3. The fourth-order valence-electron chi connectivity index (χ4n) is 2.61. The second-order valence-electron chi connectivity index (χ2n) is 5.98. The SMILES string of the molecule is Cc1ccc(S(=O)(=O)C2(C(=O)NCc3ccccc3)CC2)cc1. The summed E-state index contributed by atoms with van der Waals surface area (Å²) in [7, 11) is -3.66. The number of amides is 1. The van der Waals surface area contributed by atoms with Crippen LogP contribution in [0.1, 0.15) is 24.0 Å². The number of aryl methyl sites for hydroxylation is 1. The van der Waals surface area contributed by atoms with Crippen molar-refractivity contribution in [2.75, 3.05) is 0 Å². The molecule has 1 fully saturated rings. The van der Waals surface area contributed by atoms with Crippen LogP contribution in [0, 0.1) is 6.92 Å². The van der Waals surface area contributed by atoms with E-state index < -0.39 is 20.5 Å². The Bertz CT molecular complexity index is 807. The van der Waals surface area contributed by atoms with E-state index in [-0.39, 0.29) is 4.90 Å². The Morgan fingerprint density at radius 1 is 1.04 bits per heavy atom. The first-order valence-electron chi connectivity index (χ1n) is 7.59. The summed E-state index contributed by atoms with van der Waals surface area (Å²) in [4.78, 5) is 12.7. The molecular weight excluding hydrogens is 310 g/mol. The van der Waals surface area contributed by atoms with Crippen molar-refractivity contribution in [3.63, 3.8) is 0 Å². The van der Waals surface area contributed by atoms with Gasteiger partial charge in [-0.15, -0.1) is 0 Å². The van der Waals surface area contributed by atoms with Gasteiger partial charge in [-0.1, -0.05) is 48.0 Å². The molecule has 0 radical (unpaired) electrons. The lowest BCUT2D eigenvalue weighted by molar-refractivity contribution is -0.121. The van der Waals surface area contributed by atoms with E-state index in [1.54, 1.807) is 24.3 Å². The molecule has 0 heterocycles. The van der Waals surface area contributed by atoms with E-state index in [0.29, 0.717) is 19.4 Å². The van der Waals surface area contributed by atoms with Crippen LogP contribution in [0.4, 0.5) is 0 Å². The Morgan fingerprint density at radius 3 is 2.22 bits per heavy atom. The number of hydrogen-bond donors (Lipinski definition) is 1. The van der Waals surface area contributed by atoms with Crippen molar-refractivity contribution < 1.29 is 13.2 Å². The quantitative estimate of drug-likeness (QED) is 0.917. The van der Waals surface area contributed by atoms with Gasteiger partial charge in [-0.25, -0.2) is 8.42 Å². The topological polar surface area (TPSA) is 63.2 Å². The predicted octanol–water partition coefficient (Wildman–Crippen LogP) is 2.62. The maximum Gasteiger partial charge on any atom is 0.242 e. The summed E-state index contributed by atoms with van der Waals surface area (Å²) in [5.74, 6) is -0.401. The highest BCUT2D eigenvalue weighted by Crippen LogP contribution is 2.47. The van der Waals surface area contributed by atoms with Crippen LogP contribution in [-0.2, 0) is 21.2 Å². The smallest absolute Gasteiger partial charge is 0.242 e. The first-order chi connectivity index (χ1) is 11.0. The molecule has 2 aromatic carbocycles. The van der Waals surface area contributed by atoms with Gasteiger partial charge in [0.05, 0.1) is 4.90 Å². The van der Waals surface area contributed by atoms with Crippen LogP contribution in [-0.4, -0.2) is 19.1 Å². The van der Waals surface area contributed by atoms with Crippen molar-refractivity contribution in [3.05, 3.63) is 65.7 Å². The molecule has 0 spiro atoms. The predicted molar refractivity (Wildman–Crippen MR) is 88.6 cm³/mol. The number of carbonyl (C=O) groups excluding carboxylic acids is 1. The molecule has 0 aromatic heterocycles. The minimum absolute atomic E-state index is 0.218. The maximum absolute atomic E-state index is 12.8. The largest absolute Gasteiger partial charge is 0.351 e. The number of carbonyl (C=O) groups is 1. The lowest BCUT2D eigenvalue weighted by Crippen LogP contribution is -2.41. The molecule has 120 valence electrons. The first kappa shape index (κ1) is 15.7. The van der Waals surface area contributed by atoms with Gasteiger partial charge in [0.25, 0.3) is 0 Å². The average Bonchev–Trinajstić information content (AvgIpc) is 3.36. The number of sulfone groups is 1. The number of benzene rings is 2. The number of nitrogens with one attached hydrogen (secondary N) is 1. The molecule has 1 amide bonds. The lowest BCUT2D eigenvalue weighted by Gasteiger charge is -2.16. The van der Waals surface area contributed by atoms with E-state index in [4.69, 9.17) is 0 Å². The second kappa shape index (κ2) is 5.81. The van der Waals surface area contributed by atoms with Gasteiger partial charge >= 0.3 is 0 Å². The summed E-state index contributed by atoms with van der Waals surface area (Å²) >= 11 is 0. The normalized spacial score (nSPS) is 15.9. The highest BCUT2D eigenvalue weighted by atomic mass is 32.2. The van der Waals surface area contributed by atoms with E-state index in [1.165, 1.54) is 0 Å². The zero-order chi connectivity index (χ0) is 16.5. The van der Waals surface area contributed by atoms with E-state index >= 15 is 0 Å². The lowest BCUT2D eigenvalue weighted by atomic mass is 10.2. The van der Waals surface area contributed by atoms with Crippen LogP contribution >= 0.6 is 0 Å².